The first-order chi connectivity index (χ1) is 25.9. The number of thiophene rings is 2. The predicted molar refractivity (Wildman–Crippen MR) is 204 cm³/mol. The first-order valence-corrected chi connectivity index (χ1v) is 18.0. The normalized spacial score (nSPS) is 11.0. The minimum Gasteiger partial charge on any atom is -0.410 e. The molecule has 7 N–H and O–H groups in total. The van der Waals surface area contributed by atoms with Gasteiger partial charge < -0.3 is 31.8 Å². The highest BCUT2D eigenvalue weighted by Crippen LogP contribution is 2.33. The number of nitrogens with zero attached hydrogens (tertiary/aromatic N) is 1. The van der Waals surface area contributed by atoms with Gasteiger partial charge in [0.25, 0.3) is 5.91 Å². The molecule has 0 atom stereocenters. The van der Waals surface area contributed by atoms with Crippen LogP contribution in [-0.2, 0) is 19.3 Å². The van der Waals surface area contributed by atoms with E-state index in [2.05, 4.69) is 20.6 Å². The molecular formula is C39H31F3N6O4S2. The first kappa shape index (κ1) is 37.3. The molecule has 0 saturated heterocycles. The highest BCUT2D eigenvalue weighted by molar-refractivity contribution is 7.10. The van der Waals surface area contributed by atoms with E-state index in [0.717, 1.165) is 15.8 Å². The van der Waals surface area contributed by atoms with Crippen LogP contribution in [-0.4, -0.2) is 27.8 Å². The van der Waals surface area contributed by atoms with Gasteiger partial charge >= 0.3 is 12.3 Å². The average Bonchev–Trinajstić information content (AvgIpc) is 3.97. The molecule has 0 unspecified atom stereocenters. The lowest BCUT2D eigenvalue weighted by Gasteiger charge is -2.11. The summed E-state index contributed by atoms with van der Waals surface area (Å²) in [5.41, 5.74) is 13.3. The van der Waals surface area contributed by atoms with Crippen molar-refractivity contribution in [2.75, 3.05) is 11.5 Å². The minimum atomic E-state index is -4.63. The van der Waals surface area contributed by atoms with E-state index >= 15 is 0 Å². The highest BCUT2D eigenvalue weighted by Gasteiger charge is 2.35. The van der Waals surface area contributed by atoms with Gasteiger partial charge in [0.15, 0.2) is 5.78 Å². The fourth-order valence-electron chi connectivity index (χ4n) is 5.17. The van der Waals surface area contributed by atoms with Crippen molar-refractivity contribution in [2.45, 2.75) is 19.3 Å². The van der Waals surface area contributed by atoms with Crippen LogP contribution in [0.5, 0.6) is 5.75 Å². The van der Waals surface area contributed by atoms with Crippen LogP contribution in [0.2, 0.25) is 0 Å². The molecule has 0 aliphatic carbocycles. The van der Waals surface area contributed by atoms with E-state index < -0.39 is 29.2 Å². The van der Waals surface area contributed by atoms with Crippen molar-refractivity contribution in [1.29, 1.82) is 0 Å². The Morgan fingerprint density at radius 2 is 1.41 bits per heavy atom. The van der Waals surface area contributed by atoms with Gasteiger partial charge in [-0.05, 0) is 59.3 Å². The molecule has 0 spiro atoms. The summed E-state index contributed by atoms with van der Waals surface area (Å²) in [7, 11) is 0. The molecule has 0 bridgehead atoms. The van der Waals surface area contributed by atoms with Crippen molar-refractivity contribution in [3.05, 3.63) is 152 Å². The summed E-state index contributed by atoms with van der Waals surface area (Å²) in [6.07, 6.45) is -5.21. The smallest absolute Gasteiger partial charge is 0.410 e. The zero-order valence-electron chi connectivity index (χ0n) is 28.1. The van der Waals surface area contributed by atoms with Crippen LogP contribution in [0, 0.1) is 0 Å². The quantitative estimate of drug-likeness (QED) is 0.0724. The number of ketones is 1. The number of halogens is 3. The third-order valence-corrected chi connectivity index (χ3v) is 9.65. The highest BCUT2D eigenvalue weighted by atomic mass is 32.1. The van der Waals surface area contributed by atoms with Gasteiger partial charge in [-0.15, -0.1) is 22.7 Å². The Kier molecular flexibility index (Phi) is 11.4. The number of amides is 2. The molecule has 3 heterocycles. The number of carbonyl (C=O) groups is 3. The number of imidazole rings is 1. The maximum atomic E-state index is 13.3. The molecule has 2 amide bonds. The molecule has 10 nitrogen and oxygen atoms in total. The summed E-state index contributed by atoms with van der Waals surface area (Å²) in [4.78, 5) is 46.4. The number of alkyl halides is 3. The SMILES string of the molecule is Nc1ccc(C(=O)NCc2cccs2)cc1N.O=C(NCc1cccs1)Oc1ccc2nc(-c3ccc(C(=O)c4ccccc4C(F)(F)F)cc3)[nH]c2c1. The van der Waals surface area contributed by atoms with Gasteiger partial charge in [-0.1, -0.05) is 54.6 Å². The Morgan fingerprint density at radius 1 is 0.741 bits per heavy atom. The van der Waals surface area contributed by atoms with Gasteiger partial charge in [-0.25, -0.2) is 9.78 Å². The summed E-state index contributed by atoms with van der Waals surface area (Å²) in [5, 5.41) is 9.40. The van der Waals surface area contributed by atoms with Crippen LogP contribution >= 0.6 is 22.7 Å². The Balaban J connectivity index is 0.000000244. The largest absolute Gasteiger partial charge is 0.417 e. The molecule has 7 aromatic rings. The number of nitrogen functional groups attached to an aromatic ring is 2. The Morgan fingerprint density at radius 3 is 2.06 bits per heavy atom. The zero-order valence-corrected chi connectivity index (χ0v) is 29.8. The molecular weight excluding hydrogens is 738 g/mol. The van der Waals surface area contributed by atoms with Gasteiger partial charge in [0.2, 0.25) is 0 Å². The maximum Gasteiger partial charge on any atom is 0.417 e. The van der Waals surface area contributed by atoms with Crippen molar-refractivity contribution in [2.24, 2.45) is 0 Å². The fraction of sp³-hybridized carbons (Fsp3) is 0.0769. The molecule has 7 rings (SSSR count). The second kappa shape index (κ2) is 16.5. The molecule has 4 aromatic carbocycles. The van der Waals surface area contributed by atoms with Gasteiger partial charge in [0, 0.05) is 38.1 Å². The molecule has 54 heavy (non-hydrogen) atoms. The zero-order chi connectivity index (χ0) is 38.2. The van der Waals surface area contributed by atoms with Gasteiger partial charge in [0.05, 0.1) is 41.1 Å². The lowest BCUT2D eigenvalue weighted by atomic mass is 9.97. The van der Waals surface area contributed by atoms with Crippen LogP contribution < -0.4 is 26.8 Å². The summed E-state index contributed by atoms with van der Waals surface area (Å²) in [6, 6.07) is 28.4. The van der Waals surface area contributed by atoms with Crippen molar-refractivity contribution < 1.29 is 32.3 Å². The number of aromatic amines is 1. The Hall–Kier alpha value is -6.45. The number of nitrogens with one attached hydrogen (secondary N) is 3. The summed E-state index contributed by atoms with van der Waals surface area (Å²) in [5.74, 6) is -0.0482. The van der Waals surface area contributed by atoms with Crippen LogP contribution in [0.15, 0.2) is 120 Å². The second-order valence-corrected chi connectivity index (χ2v) is 13.7. The standard InChI is InChI=1S/C27H18F3N3O3S.C12H13N3OS/c28-27(29,30)21-6-2-1-5-20(21)24(34)16-7-9-17(10-8-16)25-32-22-12-11-18(14-23(22)33-25)36-26(35)31-15-19-4-3-13-37-19;13-10-4-3-8(6-11(10)14)12(16)15-7-9-2-1-5-17-9/h1-14H,15H2,(H,31,35)(H,32,33);1-6H,7,13-14H2,(H,15,16). The summed E-state index contributed by atoms with van der Waals surface area (Å²) < 4.78 is 45.3. The number of H-pyrrole nitrogens is 1. The van der Waals surface area contributed by atoms with Crippen LogP contribution in [0.4, 0.5) is 29.3 Å². The fourth-order valence-corrected chi connectivity index (χ4v) is 6.46. The number of benzene rings is 4. The molecule has 274 valence electrons. The number of hydrogen-bond donors (Lipinski definition) is 5. The monoisotopic (exact) mass is 768 g/mol. The number of fused-ring (bicyclic) bond motifs is 1. The molecule has 0 aliphatic heterocycles. The van der Waals surface area contributed by atoms with Crippen molar-refractivity contribution >= 4 is 62.9 Å². The number of anilines is 2. The summed E-state index contributed by atoms with van der Waals surface area (Å²) in [6.45, 7) is 0.897. The van der Waals surface area contributed by atoms with Gasteiger partial charge in [0.1, 0.15) is 11.6 Å². The van der Waals surface area contributed by atoms with E-state index in [4.69, 9.17) is 16.2 Å². The number of rotatable bonds is 9. The third-order valence-electron chi connectivity index (χ3n) is 7.90. The molecule has 15 heteroatoms. The minimum absolute atomic E-state index is 0.126. The van der Waals surface area contributed by atoms with E-state index in [1.807, 2.05) is 35.0 Å². The number of ether oxygens (including phenoxy) is 1. The average molecular weight is 769 g/mol. The Bertz CT molecular complexity index is 2390. The number of nitrogens with two attached hydrogens (primary N) is 2. The Labute approximate surface area is 314 Å². The predicted octanol–water partition coefficient (Wildman–Crippen LogP) is 8.67. The van der Waals surface area contributed by atoms with Crippen LogP contribution in [0.1, 0.15) is 41.6 Å². The van der Waals surface area contributed by atoms with Gasteiger partial charge in [-0.3, -0.25) is 9.59 Å². The first-order valence-electron chi connectivity index (χ1n) is 16.2. The molecule has 0 radical (unpaired) electrons. The van der Waals surface area contributed by atoms with Crippen molar-refractivity contribution in [3.8, 4) is 17.1 Å². The van der Waals surface area contributed by atoms with E-state index in [1.54, 1.807) is 59.9 Å². The molecule has 3 aromatic heterocycles. The maximum absolute atomic E-state index is 13.3. The van der Waals surface area contributed by atoms with Crippen molar-refractivity contribution in [3.63, 3.8) is 0 Å². The van der Waals surface area contributed by atoms with E-state index in [-0.39, 0.29) is 11.5 Å². The number of aromatic nitrogens is 2. The van der Waals surface area contributed by atoms with E-state index in [0.29, 0.717) is 58.2 Å². The van der Waals surface area contributed by atoms with E-state index in [1.165, 1.54) is 41.7 Å². The van der Waals surface area contributed by atoms with Crippen molar-refractivity contribution in [1.82, 2.24) is 20.6 Å². The second-order valence-electron chi connectivity index (χ2n) is 11.6. The van der Waals surface area contributed by atoms with Crippen LogP contribution in [0.25, 0.3) is 22.4 Å². The van der Waals surface area contributed by atoms with Crippen LogP contribution in [0.3, 0.4) is 0 Å². The molecule has 0 aliphatic rings. The molecule has 0 saturated carbocycles. The molecule has 0 fully saturated rings. The topological polar surface area (TPSA) is 165 Å². The lowest BCUT2D eigenvalue weighted by Crippen LogP contribution is -2.25. The van der Waals surface area contributed by atoms with E-state index in [9.17, 15) is 27.6 Å². The van der Waals surface area contributed by atoms with Gasteiger partial charge in [-0.2, -0.15) is 13.2 Å². The summed E-state index contributed by atoms with van der Waals surface area (Å²) >= 11 is 3.14. The lowest BCUT2D eigenvalue weighted by molar-refractivity contribution is -0.137. The number of carbonyl (C=O) groups excluding carboxylic acids is 3. The number of hydrogen-bond acceptors (Lipinski definition) is 9. The third kappa shape index (κ3) is 9.31.